The molecule has 0 amide bonds. The second-order valence-corrected chi connectivity index (χ2v) is 7.00. The first kappa shape index (κ1) is 14.6. The third kappa shape index (κ3) is 4.29. The molecule has 0 aliphatic heterocycles. The second-order valence-electron chi connectivity index (χ2n) is 4.58. The van der Waals surface area contributed by atoms with Gasteiger partial charge in [0.2, 0.25) is 0 Å². The molecular formula is C14H18N4O3S2. The maximum absolute atomic E-state index is 11.8. The first-order valence-corrected chi connectivity index (χ1v) is 8.75. The summed E-state index contributed by atoms with van der Waals surface area (Å²) >= 11 is 1.23. The summed E-state index contributed by atoms with van der Waals surface area (Å²) in [5, 5.41) is 1.73. The monoisotopic (exact) mass is 356 g/mol. The molecule has 0 aliphatic rings. The highest BCUT2D eigenvalue weighted by Crippen LogP contribution is 2.39. The Morgan fingerprint density at radius 1 is 1.39 bits per heavy atom. The predicted octanol–water partition coefficient (Wildman–Crippen LogP) is 1.54. The Labute approximate surface area is 141 Å². The molecule has 1 aromatic carbocycles. The summed E-state index contributed by atoms with van der Waals surface area (Å²) in [5.41, 5.74) is 11.0. The second kappa shape index (κ2) is 7.09. The third-order valence-electron chi connectivity index (χ3n) is 3.02. The van der Waals surface area contributed by atoms with E-state index in [-0.39, 0.29) is 17.6 Å². The highest BCUT2D eigenvalue weighted by Gasteiger charge is 2.34. The number of guanidine groups is 1. The molecule has 5 N–H and O–H groups in total. The van der Waals surface area contributed by atoms with Gasteiger partial charge in [-0.15, -0.1) is 11.3 Å². The minimum Gasteiger partial charge on any atom is -0.370 e. The summed E-state index contributed by atoms with van der Waals surface area (Å²) in [6, 6.07) is 5.90. The lowest BCUT2D eigenvalue weighted by Crippen LogP contribution is -2.35. The predicted molar refractivity (Wildman–Crippen MR) is 91.4 cm³/mol. The van der Waals surface area contributed by atoms with Crippen molar-refractivity contribution in [2.45, 2.75) is 12.1 Å². The lowest BCUT2D eigenvalue weighted by molar-refractivity contribution is 0.296. The van der Waals surface area contributed by atoms with Crippen LogP contribution in [0.25, 0.3) is 0 Å². The quantitative estimate of drug-likeness (QED) is 0.412. The number of aliphatic imine (C=N–C) groups is 1. The number of benzene rings is 1. The molecule has 124 valence electrons. The molecule has 2 rings (SSSR count). The van der Waals surface area contributed by atoms with Crippen molar-refractivity contribution in [1.82, 2.24) is 4.31 Å². The SMILES string of the molecule is [2H]c1ccccc1C([2H])(C(N=C(N)N)c1cccs1)N(C)S(=O)(=O)O. The highest BCUT2D eigenvalue weighted by molar-refractivity contribution is 7.83. The van der Waals surface area contributed by atoms with Gasteiger partial charge >= 0.3 is 10.3 Å². The summed E-state index contributed by atoms with van der Waals surface area (Å²) in [6.07, 6.45) is 0. The van der Waals surface area contributed by atoms with E-state index in [2.05, 4.69) is 4.99 Å². The molecule has 2 atom stereocenters. The largest absolute Gasteiger partial charge is 0.370 e. The van der Waals surface area contributed by atoms with Gasteiger partial charge in [0.1, 0.15) is 6.04 Å². The molecule has 1 heterocycles. The average Bonchev–Trinajstić information content (AvgIpc) is 3.04. The maximum Gasteiger partial charge on any atom is 0.336 e. The van der Waals surface area contributed by atoms with Gasteiger partial charge < -0.3 is 11.5 Å². The molecule has 0 radical (unpaired) electrons. The van der Waals surface area contributed by atoms with Crippen LogP contribution in [0.15, 0.2) is 52.8 Å². The maximum atomic E-state index is 11.8. The van der Waals surface area contributed by atoms with E-state index in [1.54, 1.807) is 29.6 Å². The number of nitrogens with zero attached hydrogens (tertiary/aromatic N) is 2. The number of likely N-dealkylation sites (N-methyl/N-ethyl adjacent to an activating group) is 1. The summed E-state index contributed by atoms with van der Waals surface area (Å²) in [6.45, 7) is 0. The van der Waals surface area contributed by atoms with E-state index in [0.717, 1.165) is 7.05 Å². The fraction of sp³-hybridized carbons (Fsp3) is 0.214. The molecule has 9 heteroatoms. The zero-order valence-corrected chi connectivity index (χ0v) is 13.9. The van der Waals surface area contributed by atoms with Gasteiger partial charge in [0, 0.05) is 11.9 Å². The highest BCUT2D eigenvalue weighted by atomic mass is 32.2. The molecule has 0 spiro atoms. The van der Waals surface area contributed by atoms with Crippen molar-refractivity contribution < 1.29 is 15.7 Å². The molecule has 0 aliphatic carbocycles. The van der Waals surface area contributed by atoms with Gasteiger partial charge in [0.25, 0.3) is 0 Å². The molecule has 7 nitrogen and oxygen atoms in total. The number of rotatable bonds is 6. The van der Waals surface area contributed by atoms with Gasteiger partial charge in [-0.05, 0) is 17.0 Å². The Hall–Kier alpha value is -1.94. The van der Waals surface area contributed by atoms with Crippen LogP contribution in [-0.4, -0.2) is 30.3 Å². The van der Waals surface area contributed by atoms with E-state index >= 15 is 0 Å². The van der Waals surface area contributed by atoms with E-state index in [1.165, 1.54) is 23.5 Å². The molecule has 1 aromatic heterocycles. The van der Waals surface area contributed by atoms with Gasteiger partial charge in [-0.3, -0.25) is 4.55 Å². The zero-order chi connectivity index (χ0) is 18.8. The van der Waals surface area contributed by atoms with Crippen molar-refractivity contribution in [2.75, 3.05) is 7.05 Å². The molecule has 0 saturated carbocycles. The van der Waals surface area contributed by atoms with E-state index < -0.39 is 22.4 Å². The van der Waals surface area contributed by atoms with Crippen molar-refractivity contribution in [1.29, 1.82) is 0 Å². The molecule has 23 heavy (non-hydrogen) atoms. The summed E-state index contributed by atoms with van der Waals surface area (Å²) in [4.78, 5) is 4.54. The van der Waals surface area contributed by atoms with Crippen molar-refractivity contribution in [3.8, 4) is 0 Å². The van der Waals surface area contributed by atoms with Crippen LogP contribution in [0.5, 0.6) is 0 Å². The average molecular weight is 356 g/mol. The fourth-order valence-corrected chi connectivity index (χ4v) is 3.23. The van der Waals surface area contributed by atoms with Crippen LogP contribution >= 0.6 is 11.3 Å². The summed E-state index contributed by atoms with van der Waals surface area (Å²) in [7, 11) is -3.74. The summed E-state index contributed by atoms with van der Waals surface area (Å²) < 4.78 is 50.7. The number of hydrogen-bond donors (Lipinski definition) is 3. The van der Waals surface area contributed by atoms with Crippen molar-refractivity contribution in [2.24, 2.45) is 16.5 Å². The molecular weight excluding hydrogens is 336 g/mol. The smallest absolute Gasteiger partial charge is 0.336 e. The van der Waals surface area contributed by atoms with Gasteiger partial charge in [-0.1, -0.05) is 36.4 Å². The van der Waals surface area contributed by atoms with Crippen LogP contribution < -0.4 is 11.5 Å². The standard InChI is InChI=1S/C14H18N4O3S2/c1-18(23(19,20)21)13(10-6-3-2-4-7-10)12(17-14(15)16)11-8-5-9-22-11/h2-9,12-13H,1H3,(H4,15,16,17)(H,19,20,21)/i6D,13D. The molecule has 0 bridgehead atoms. The minimum absolute atomic E-state index is 0.0264. The van der Waals surface area contributed by atoms with Crippen LogP contribution in [0.4, 0.5) is 0 Å². The van der Waals surface area contributed by atoms with Gasteiger partial charge in [0.15, 0.2) is 5.96 Å². The lowest BCUT2D eigenvalue weighted by atomic mass is 9.98. The Kier molecular flexibility index (Phi) is 4.51. The molecule has 2 aromatic rings. The van der Waals surface area contributed by atoms with Crippen LogP contribution in [0.2, 0.25) is 0 Å². The Morgan fingerprint density at radius 3 is 2.65 bits per heavy atom. The lowest BCUT2D eigenvalue weighted by Gasteiger charge is -2.30. The minimum atomic E-state index is -4.78. The zero-order valence-electron chi connectivity index (χ0n) is 14.2. The topological polar surface area (TPSA) is 122 Å². The number of thiophene rings is 1. The third-order valence-corrected chi connectivity index (χ3v) is 4.83. The Balaban J connectivity index is 2.82. The fourth-order valence-electron chi connectivity index (χ4n) is 2.02. The van der Waals surface area contributed by atoms with E-state index in [0.29, 0.717) is 9.18 Å². The van der Waals surface area contributed by atoms with Crippen LogP contribution in [-0.2, 0) is 10.3 Å². The van der Waals surface area contributed by atoms with Gasteiger partial charge in [0.05, 0.1) is 8.76 Å². The van der Waals surface area contributed by atoms with E-state index in [1.807, 2.05) is 0 Å². The molecule has 0 fully saturated rings. The summed E-state index contributed by atoms with van der Waals surface area (Å²) in [5.74, 6) is -0.346. The van der Waals surface area contributed by atoms with Crippen molar-refractivity contribution >= 4 is 27.6 Å². The van der Waals surface area contributed by atoms with Gasteiger partial charge in [-0.2, -0.15) is 12.7 Å². The molecule has 0 saturated heterocycles. The van der Waals surface area contributed by atoms with E-state index in [9.17, 15) is 13.0 Å². The van der Waals surface area contributed by atoms with Crippen molar-refractivity contribution in [3.63, 3.8) is 0 Å². The van der Waals surface area contributed by atoms with Crippen LogP contribution in [0.3, 0.4) is 0 Å². The first-order valence-electron chi connectivity index (χ1n) is 7.48. The van der Waals surface area contributed by atoms with Gasteiger partial charge in [-0.25, -0.2) is 4.99 Å². The molecule has 2 unspecified atom stereocenters. The Bertz CT molecular complexity index is 870. The number of hydrogen-bond acceptors (Lipinski definition) is 4. The normalized spacial score (nSPS) is 17.0. The van der Waals surface area contributed by atoms with Crippen molar-refractivity contribution in [3.05, 3.63) is 58.3 Å². The number of nitrogens with two attached hydrogens (primary N) is 2. The van der Waals surface area contributed by atoms with Crippen LogP contribution in [0, 0.1) is 0 Å². The van der Waals surface area contributed by atoms with Crippen LogP contribution in [0.1, 0.15) is 25.2 Å². The van der Waals surface area contributed by atoms with E-state index in [4.69, 9.17) is 14.2 Å². The first-order chi connectivity index (χ1) is 11.6. The Morgan fingerprint density at radius 2 is 2.13 bits per heavy atom.